The molecule has 2 aromatic rings. The number of benzene rings is 1. The maximum absolute atomic E-state index is 12.8. The SMILES string of the molecule is CCCc1n[nH]c(=S)n1CC(=O)N(C)Cc1ccccc1N1CCCC1. The predicted octanol–water partition coefficient (Wildman–Crippen LogP) is 3.15. The van der Waals surface area contributed by atoms with E-state index < -0.39 is 0 Å². The maximum Gasteiger partial charge on any atom is 0.242 e. The van der Waals surface area contributed by atoms with Gasteiger partial charge in [-0.05, 0) is 43.1 Å². The van der Waals surface area contributed by atoms with Gasteiger partial charge in [0.15, 0.2) is 4.77 Å². The monoisotopic (exact) mass is 373 g/mol. The van der Waals surface area contributed by atoms with E-state index in [2.05, 4.69) is 40.2 Å². The van der Waals surface area contributed by atoms with Crippen molar-refractivity contribution in [1.29, 1.82) is 0 Å². The minimum Gasteiger partial charge on any atom is -0.371 e. The maximum atomic E-state index is 12.8. The Balaban J connectivity index is 1.71. The van der Waals surface area contributed by atoms with Gasteiger partial charge in [0.2, 0.25) is 5.91 Å². The molecule has 3 rings (SSSR count). The highest BCUT2D eigenvalue weighted by Gasteiger charge is 2.18. The van der Waals surface area contributed by atoms with Crippen LogP contribution in [0.25, 0.3) is 0 Å². The summed E-state index contributed by atoms with van der Waals surface area (Å²) in [5.74, 6) is 0.882. The minimum atomic E-state index is 0.0380. The van der Waals surface area contributed by atoms with Crippen molar-refractivity contribution in [2.45, 2.75) is 45.7 Å². The van der Waals surface area contributed by atoms with Gasteiger partial charge in [0.1, 0.15) is 12.4 Å². The summed E-state index contributed by atoms with van der Waals surface area (Å²) >= 11 is 5.28. The molecule has 0 radical (unpaired) electrons. The van der Waals surface area contributed by atoms with Crippen molar-refractivity contribution < 1.29 is 4.79 Å². The molecule has 1 fully saturated rings. The normalized spacial score (nSPS) is 14.0. The lowest BCUT2D eigenvalue weighted by molar-refractivity contribution is -0.131. The molecule has 1 aliphatic heterocycles. The second-order valence-electron chi connectivity index (χ2n) is 6.85. The molecule has 0 unspecified atom stereocenters. The second-order valence-corrected chi connectivity index (χ2v) is 7.24. The standard InChI is InChI=1S/C19H27N5OS/c1-3-8-17-20-21-19(26)24(17)14-18(25)22(2)13-15-9-4-5-10-16(15)23-11-6-7-12-23/h4-5,9-10H,3,6-8,11-14H2,1-2H3,(H,21,26). The number of aromatic nitrogens is 3. The van der Waals surface area contributed by atoms with Crippen LogP contribution in [-0.4, -0.2) is 45.7 Å². The molecule has 0 saturated carbocycles. The summed E-state index contributed by atoms with van der Waals surface area (Å²) in [5.41, 5.74) is 2.44. The van der Waals surface area contributed by atoms with Gasteiger partial charge in [-0.1, -0.05) is 25.1 Å². The van der Waals surface area contributed by atoms with E-state index in [1.54, 1.807) is 4.90 Å². The molecule has 0 spiro atoms. The molecule has 0 aliphatic carbocycles. The molecule has 1 saturated heterocycles. The fourth-order valence-corrected chi connectivity index (χ4v) is 3.65. The lowest BCUT2D eigenvalue weighted by Crippen LogP contribution is -2.31. The van der Waals surface area contributed by atoms with Gasteiger partial charge in [0.05, 0.1) is 0 Å². The Bertz CT molecular complexity index is 806. The van der Waals surface area contributed by atoms with E-state index in [-0.39, 0.29) is 12.5 Å². The molecule has 1 amide bonds. The number of nitrogens with one attached hydrogen (secondary N) is 1. The molecule has 0 bridgehead atoms. The summed E-state index contributed by atoms with van der Waals surface area (Å²) in [6.07, 6.45) is 4.25. The number of para-hydroxylation sites is 1. The van der Waals surface area contributed by atoms with E-state index in [1.165, 1.54) is 24.1 Å². The van der Waals surface area contributed by atoms with Crippen LogP contribution in [0.3, 0.4) is 0 Å². The number of aromatic amines is 1. The molecule has 1 aromatic carbocycles. The highest BCUT2D eigenvalue weighted by atomic mass is 32.1. The Morgan fingerprint density at radius 1 is 1.31 bits per heavy atom. The van der Waals surface area contributed by atoms with Gasteiger partial charge < -0.3 is 9.80 Å². The topological polar surface area (TPSA) is 57.2 Å². The van der Waals surface area contributed by atoms with Gasteiger partial charge in [-0.3, -0.25) is 14.5 Å². The zero-order valence-electron chi connectivity index (χ0n) is 15.6. The smallest absolute Gasteiger partial charge is 0.242 e. The first kappa shape index (κ1) is 18.6. The van der Waals surface area contributed by atoms with E-state index >= 15 is 0 Å². The average molecular weight is 374 g/mol. The van der Waals surface area contributed by atoms with Crippen molar-refractivity contribution in [3.8, 4) is 0 Å². The Kier molecular flexibility index (Phi) is 6.08. The van der Waals surface area contributed by atoms with Crippen molar-refractivity contribution in [1.82, 2.24) is 19.7 Å². The Morgan fingerprint density at radius 2 is 2.04 bits per heavy atom. The molecule has 26 heavy (non-hydrogen) atoms. The highest BCUT2D eigenvalue weighted by molar-refractivity contribution is 7.71. The summed E-state index contributed by atoms with van der Waals surface area (Å²) in [5, 5.41) is 7.04. The van der Waals surface area contributed by atoms with E-state index in [0.717, 1.165) is 31.8 Å². The number of H-pyrrole nitrogens is 1. The number of nitrogens with zero attached hydrogens (tertiary/aromatic N) is 4. The molecule has 1 aromatic heterocycles. The van der Waals surface area contributed by atoms with Crippen molar-refractivity contribution >= 4 is 23.8 Å². The van der Waals surface area contributed by atoms with Crippen LogP contribution in [-0.2, 0) is 24.3 Å². The van der Waals surface area contributed by atoms with Crippen molar-refractivity contribution in [2.75, 3.05) is 25.0 Å². The summed E-state index contributed by atoms with van der Waals surface area (Å²) in [6.45, 7) is 5.11. The molecule has 140 valence electrons. The summed E-state index contributed by atoms with van der Waals surface area (Å²) in [7, 11) is 1.85. The van der Waals surface area contributed by atoms with Crippen LogP contribution in [0.15, 0.2) is 24.3 Å². The lowest BCUT2D eigenvalue weighted by atomic mass is 10.1. The van der Waals surface area contributed by atoms with Crippen molar-refractivity contribution in [3.63, 3.8) is 0 Å². The van der Waals surface area contributed by atoms with E-state index in [1.807, 2.05) is 17.7 Å². The molecule has 6 nitrogen and oxygen atoms in total. The Morgan fingerprint density at radius 3 is 2.77 bits per heavy atom. The lowest BCUT2D eigenvalue weighted by Gasteiger charge is -2.24. The summed E-state index contributed by atoms with van der Waals surface area (Å²) in [4.78, 5) is 17.0. The van der Waals surface area contributed by atoms with Crippen LogP contribution in [0.2, 0.25) is 0 Å². The van der Waals surface area contributed by atoms with Crippen LogP contribution < -0.4 is 4.90 Å². The van der Waals surface area contributed by atoms with Crippen molar-refractivity contribution in [2.24, 2.45) is 0 Å². The molecule has 7 heteroatoms. The van der Waals surface area contributed by atoms with Crippen LogP contribution in [0, 0.1) is 4.77 Å². The quantitative estimate of drug-likeness (QED) is 0.758. The summed E-state index contributed by atoms with van der Waals surface area (Å²) in [6, 6.07) is 8.38. The Hall–Kier alpha value is -2.15. The molecular weight excluding hydrogens is 346 g/mol. The number of amides is 1. The third-order valence-electron chi connectivity index (χ3n) is 4.88. The molecule has 0 atom stereocenters. The number of hydrogen-bond acceptors (Lipinski definition) is 4. The number of aryl methyl sites for hydroxylation is 1. The van der Waals surface area contributed by atoms with Crippen LogP contribution in [0.1, 0.15) is 37.6 Å². The molecule has 2 heterocycles. The van der Waals surface area contributed by atoms with E-state index in [0.29, 0.717) is 11.3 Å². The summed E-state index contributed by atoms with van der Waals surface area (Å²) < 4.78 is 2.32. The van der Waals surface area contributed by atoms with Crippen LogP contribution >= 0.6 is 12.2 Å². The third kappa shape index (κ3) is 4.15. The zero-order valence-corrected chi connectivity index (χ0v) is 16.4. The number of carbonyl (C=O) groups is 1. The molecule has 1 N–H and O–H groups in total. The fraction of sp³-hybridized carbons (Fsp3) is 0.526. The van der Waals surface area contributed by atoms with Gasteiger partial charge in [0.25, 0.3) is 0 Å². The van der Waals surface area contributed by atoms with Gasteiger partial charge in [-0.25, -0.2) is 0 Å². The minimum absolute atomic E-state index is 0.0380. The second kappa shape index (κ2) is 8.49. The fourth-order valence-electron chi connectivity index (χ4n) is 3.44. The largest absolute Gasteiger partial charge is 0.371 e. The number of likely N-dealkylation sites (N-methyl/N-ethyl adjacent to an activating group) is 1. The zero-order chi connectivity index (χ0) is 18.5. The number of hydrogen-bond donors (Lipinski definition) is 1. The first-order valence-electron chi connectivity index (χ1n) is 9.31. The van der Waals surface area contributed by atoms with Gasteiger partial charge in [-0.15, -0.1) is 0 Å². The van der Waals surface area contributed by atoms with E-state index in [4.69, 9.17) is 12.2 Å². The van der Waals surface area contributed by atoms with E-state index in [9.17, 15) is 4.79 Å². The van der Waals surface area contributed by atoms with Crippen molar-refractivity contribution in [3.05, 3.63) is 40.4 Å². The average Bonchev–Trinajstić information content (AvgIpc) is 3.28. The van der Waals surface area contributed by atoms with Gasteiger partial charge >= 0.3 is 0 Å². The van der Waals surface area contributed by atoms with Crippen LogP contribution in [0.4, 0.5) is 5.69 Å². The highest BCUT2D eigenvalue weighted by Crippen LogP contribution is 2.25. The Labute approximate surface area is 159 Å². The third-order valence-corrected chi connectivity index (χ3v) is 5.19. The first-order chi connectivity index (χ1) is 12.6. The number of anilines is 1. The van der Waals surface area contributed by atoms with Gasteiger partial charge in [0, 0.05) is 38.8 Å². The molecular formula is C19H27N5OS. The number of carbonyl (C=O) groups excluding carboxylic acids is 1. The van der Waals surface area contributed by atoms with Gasteiger partial charge in [-0.2, -0.15) is 5.10 Å². The molecule has 1 aliphatic rings. The number of rotatable bonds is 7. The van der Waals surface area contributed by atoms with Crippen LogP contribution in [0.5, 0.6) is 0 Å². The first-order valence-corrected chi connectivity index (χ1v) is 9.72. The predicted molar refractivity (Wildman–Crippen MR) is 106 cm³/mol.